The fourth-order valence-electron chi connectivity index (χ4n) is 3.48. The van der Waals surface area contributed by atoms with Crippen molar-refractivity contribution in [3.8, 4) is 0 Å². The molecule has 0 radical (unpaired) electrons. The minimum absolute atomic E-state index is 0.0332. The fourth-order valence-corrected chi connectivity index (χ4v) is 3.48. The summed E-state index contributed by atoms with van der Waals surface area (Å²) in [4.78, 5) is 40.3. The third-order valence-electron chi connectivity index (χ3n) is 4.85. The Morgan fingerprint density at radius 3 is 2.30 bits per heavy atom. The summed E-state index contributed by atoms with van der Waals surface area (Å²) < 4.78 is 0. The molecule has 2 N–H and O–H groups in total. The Kier molecular flexibility index (Phi) is 4.42. The van der Waals surface area contributed by atoms with Crippen LogP contribution in [0.1, 0.15) is 44.3 Å². The molecule has 1 aromatic heterocycles. The number of aromatic amines is 1. The van der Waals surface area contributed by atoms with E-state index in [9.17, 15) is 14.4 Å². The molecule has 5 nitrogen and oxygen atoms in total. The molecule has 1 heterocycles. The van der Waals surface area contributed by atoms with Crippen LogP contribution in [0, 0.1) is 0 Å². The second kappa shape index (κ2) is 7.03. The largest absolute Gasteiger partial charge is 0.325 e. The van der Waals surface area contributed by atoms with Gasteiger partial charge in [-0.2, -0.15) is 0 Å². The van der Waals surface area contributed by atoms with E-state index in [1.54, 1.807) is 24.3 Å². The minimum Gasteiger partial charge on any atom is -0.325 e. The van der Waals surface area contributed by atoms with Crippen molar-refractivity contribution >= 4 is 17.4 Å². The van der Waals surface area contributed by atoms with Gasteiger partial charge in [0.25, 0.3) is 11.5 Å². The number of benzene rings is 2. The molecule has 0 fully saturated rings. The van der Waals surface area contributed by atoms with Crippen molar-refractivity contribution in [1.82, 2.24) is 4.98 Å². The van der Waals surface area contributed by atoms with Crippen LogP contribution < -0.4 is 10.9 Å². The van der Waals surface area contributed by atoms with Crippen molar-refractivity contribution in [3.05, 3.63) is 99.5 Å². The molecule has 0 spiro atoms. The second-order valence-corrected chi connectivity index (χ2v) is 6.66. The zero-order valence-electron chi connectivity index (χ0n) is 14.6. The van der Waals surface area contributed by atoms with Gasteiger partial charge in [-0.3, -0.25) is 14.4 Å². The summed E-state index contributed by atoms with van der Waals surface area (Å²) in [6.07, 6.45) is 0.934. The highest BCUT2D eigenvalue weighted by molar-refractivity contribution is 6.06. The van der Waals surface area contributed by atoms with Gasteiger partial charge in [0.2, 0.25) is 0 Å². The number of pyridine rings is 1. The van der Waals surface area contributed by atoms with Gasteiger partial charge in [-0.1, -0.05) is 48.5 Å². The highest BCUT2D eigenvalue weighted by Crippen LogP contribution is 2.31. The first-order valence-corrected chi connectivity index (χ1v) is 8.82. The van der Waals surface area contributed by atoms with Crippen molar-refractivity contribution in [2.24, 2.45) is 0 Å². The number of Topliss-reactive ketones (excluding diaryl/α,β-unsaturated/α-hetero) is 1. The molecule has 2 aromatic carbocycles. The summed E-state index contributed by atoms with van der Waals surface area (Å²) >= 11 is 0. The van der Waals surface area contributed by atoms with Crippen LogP contribution >= 0.6 is 0 Å². The van der Waals surface area contributed by atoms with Crippen molar-refractivity contribution < 1.29 is 9.59 Å². The van der Waals surface area contributed by atoms with Crippen LogP contribution in [0.3, 0.4) is 0 Å². The summed E-state index contributed by atoms with van der Waals surface area (Å²) in [5.41, 5.74) is 2.16. The van der Waals surface area contributed by atoms with E-state index in [1.165, 1.54) is 6.07 Å². The van der Waals surface area contributed by atoms with Crippen molar-refractivity contribution in [3.63, 3.8) is 0 Å². The van der Waals surface area contributed by atoms with Gasteiger partial charge in [-0.15, -0.1) is 0 Å². The predicted molar refractivity (Wildman–Crippen MR) is 103 cm³/mol. The molecule has 0 unspecified atom stereocenters. The minimum atomic E-state index is -0.525. The third-order valence-corrected chi connectivity index (χ3v) is 4.85. The van der Waals surface area contributed by atoms with Gasteiger partial charge in [0, 0.05) is 23.4 Å². The number of aromatic nitrogens is 1. The van der Waals surface area contributed by atoms with Gasteiger partial charge in [0.15, 0.2) is 5.78 Å². The monoisotopic (exact) mass is 358 g/mol. The molecule has 0 saturated carbocycles. The molecule has 1 aliphatic rings. The molecule has 0 bridgehead atoms. The lowest BCUT2D eigenvalue weighted by atomic mass is 9.81. The van der Waals surface area contributed by atoms with Crippen LogP contribution in [0.4, 0.5) is 5.69 Å². The molecule has 4 rings (SSSR count). The molecule has 1 amide bonds. The van der Waals surface area contributed by atoms with E-state index >= 15 is 0 Å². The maximum Gasteiger partial charge on any atom is 0.261 e. The average molecular weight is 358 g/mol. The van der Waals surface area contributed by atoms with Crippen molar-refractivity contribution in [2.75, 3.05) is 5.32 Å². The Morgan fingerprint density at radius 1 is 0.926 bits per heavy atom. The number of anilines is 1. The Bertz CT molecular complexity index is 1060. The number of carbonyl (C=O) groups excluding carboxylic acids is 2. The molecule has 27 heavy (non-hydrogen) atoms. The summed E-state index contributed by atoms with van der Waals surface area (Å²) in [6.45, 7) is 0. The first kappa shape index (κ1) is 17.0. The summed E-state index contributed by atoms with van der Waals surface area (Å²) in [7, 11) is 0. The van der Waals surface area contributed by atoms with Crippen LogP contribution in [-0.4, -0.2) is 16.7 Å². The highest BCUT2D eigenvalue weighted by atomic mass is 16.2. The zero-order valence-corrected chi connectivity index (χ0v) is 14.6. The number of para-hydroxylation sites is 1. The van der Waals surface area contributed by atoms with Crippen LogP contribution in [-0.2, 0) is 6.42 Å². The quantitative estimate of drug-likeness (QED) is 0.752. The Hall–Kier alpha value is -3.47. The van der Waals surface area contributed by atoms with Crippen LogP contribution in [0.25, 0.3) is 0 Å². The number of hydrogen-bond donors (Lipinski definition) is 2. The lowest BCUT2D eigenvalue weighted by Crippen LogP contribution is -2.29. The van der Waals surface area contributed by atoms with E-state index in [0.29, 0.717) is 29.8 Å². The van der Waals surface area contributed by atoms with E-state index in [1.807, 2.05) is 36.4 Å². The number of hydrogen-bond acceptors (Lipinski definition) is 3. The highest BCUT2D eigenvalue weighted by Gasteiger charge is 2.28. The van der Waals surface area contributed by atoms with Crippen molar-refractivity contribution in [1.29, 1.82) is 0 Å². The summed E-state index contributed by atoms with van der Waals surface area (Å²) in [5.74, 6) is -0.552. The van der Waals surface area contributed by atoms with E-state index in [2.05, 4.69) is 10.3 Å². The lowest BCUT2D eigenvalue weighted by Gasteiger charge is -2.24. The molecule has 1 atom stereocenters. The molecule has 5 heteroatoms. The molecule has 0 saturated heterocycles. The van der Waals surface area contributed by atoms with Gasteiger partial charge in [-0.05, 0) is 36.1 Å². The number of fused-ring (bicyclic) bond motifs is 1. The molecular weight excluding hydrogens is 340 g/mol. The number of nitrogens with one attached hydrogen (secondary N) is 2. The number of rotatable bonds is 3. The number of ketones is 1. The number of H-pyrrole nitrogens is 1. The fraction of sp³-hybridized carbons (Fsp3) is 0.136. The predicted octanol–water partition coefficient (Wildman–Crippen LogP) is 3.54. The first-order chi connectivity index (χ1) is 13.1. The summed E-state index contributed by atoms with van der Waals surface area (Å²) in [5, 5.41) is 2.69. The van der Waals surface area contributed by atoms with E-state index < -0.39 is 11.5 Å². The van der Waals surface area contributed by atoms with Gasteiger partial charge in [0.1, 0.15) is 5.56 Å². The maximum absolute atomic E-state index is 12.7. The van der Waals surface area contributed by atoms with Gasteiger partial charge >= 0.3 is 0 Å². The zero-order chi connectivity index (χ0) is 18.8. The molecule has 1 aliphatic carbocycles. The first-order valence-electron chi connectivity index (χ1n) is 8.82. The van der Waals surface area contributed by atoms with Crippen LogP contribution in [0.2, 0.25) is 0 Å². The van der Waals surface area contributed by atoms with Gasteiger partial charge in [0.05, 0.1) is 0 Å². The number of amides is 1. The standard InChI is InChI=1S/C22H18N2O3/c25-20-12-15(14-7-3-1-4-8-14)11-19-17(20)13-18(22(27)24-19)21(26)23-16-9-5-2-6-10-16/h1-10,13,15H,11-12H2,(H,23,26)(H,24,27)/t15-/m0/s1. The average Bonchev–Trinajstić information content (AvgIpc) is 2.68. The van der Waals surface area contributed by atoms with E-state index in [4.69, 9.17) is 0 Å². The molecule has 3 aromatic rings. The third kappa shape index (κ3) is 3.44. The Balaban J connectivity index is 1.64. The number of carbonyl (C=O) groups is 2. The molecular formula is C22H18N2O3. The second-order valence-electron chi connectivity index (χ2n) is 6.66. The van der Waals surface area contributed by atoms with Gasteiger partial charge < -0.3 is 10.3 Å². The lowest BCUT2D eigenvalue weighted by molar-refractivity contribution is 0.0963. The normalized spacial score (nSPS) is 15.9. The Morgan fingerprint density at radius 2 is 1.59 bits per heavy atom. The Labute approximate surface area is 156 Å². The van der Waals surface area contributed by atoms with Crippen LogP contribution in [0.15, 0.2) is 71.5 Å². The molecule has 0 aliphatic heterocycles. The van der Waals surface area contributed by atoms with E-state index in [0.717, 1.165) is 5.56 Å². The summed E-state index contributed by atoms with van der Waals surface area (Å²) in [6, 6.07) is 20.1. The SMILES string of the molecule is O=C1C[C@@H](c2ccccc2)Cc2[nH]c(=O)c(C(=O)Nc3ccccc3)cc21. The van der Waals surface area contributed by atoms with Crippen LogP contribution in [0.5, 0.6) is 0 Å². The maximum atomic E-state index is 12.7. The van der Waals surface area contributed by atoms with Gasteiger partial charge in [-0.25, -0.2) is 0 Å². The van der Waals surface area contributed by atoms with E-state index in [-0.39, 0.29) is 17.3 Å². The molecule has 134 valence electrons. The van der Waals surface area contributed by atoms with Crippen molar-refractivity contribution in [2.45, 2.75) is 18.8 Å². The topological polar surface area (TPSA) is 79.0 Å². The smallest absolute Gasteiger partial charge is 0.261 e.